The lowest BCUT2D eigenvalue weighted by molar-refractivity contribution is 0.102. The average molecular weight is 408 g/mol. The minimum Gasteiger partial charge on any atom is -0.397 e. The molecule has 1 fully saturated rings. The van der Waals surface area contributed by atoms with Crippen LogP contribution >= 0.6 is 11.3 Å². The van der Waals surface area contributed by atoms with E-state index in [-0.39, 0.29) is 5.91 Å². The molecule has 3 N–H and O–H groups in total. The van der Waals surface area contributed by atoms with Crippen LogP contribution in [0.2, 0.25) is 0 Å². The van der Waals surface area contributed by atoms with E-state index in [0.29, 0.717) is 23.0 Å². The van der Waals surface area contributed by atoms with E-state index in [9.17, 15) is 4.79 Å². The predicted octanol–water partition coefficient (Wildman–Crippen LogP) is 3.78. The van der Waals surface area contributed by atoms with E-state index >= 15 is 0 Å². The quantitative estimate of drug-likeness (QED) is 0.630. The summed E-state index contributed by atoms with van der Waals surface area (Å²) in [4.78, 5) is 22.9. The molecule has 0 unspecified atom stereocenters. The van der Waals surface area contributed by atoms with Gasteiger partial charge in [-0.15, -0.1) is 11.3 Å². The first-order chi connectivity index (χ1) is 14.0. The summed E-state index contributed by atoms with van der Waals surface area (Å²) in [5.74, 6) is 0.691. The smallest absolute Gasteiger partial charge is 0.257 e. The van der Waals surface area contributed by atoms with Crippen molar-refractivity contribution in [1.82, 2.24) is 9.88 Å². The van der Waals surface area contributed by atoms with Crippen LogP contribution in [0.1, 0.15) is 16.8 Å². The summed E-state index contributed by atoms with van der Waals surface area (Å²) in [6.07, 6.45) is 2.75. The van der Waals surface area contributed by atoms with Crippen LogP contribution in [-0.4, -0.2) is 49.0 Å². The molecule has 1 atom stereocenters. The fraction of sp³-hybridized carbons (Fsp3) is 0.273. The molecule has 2 aromatic heterocycles. The molecule has 1 aromatic carbocycles. The molecule has 0 bridgehead atoms. The second-order valence-corrected chi connectivity index (χ2v) is 8.44. The Morgan fingerprint density at radius 3 is 2.79 bits per heavy atom. The second-order valence-electron chi connectivity index (χ2n) is 7.49. The minimum atomic E-state index is -0.216. The van der Waals surface area contributed by atoms with Crippen LogP contribution in [0.15, 0.2) is 54.0 Å². The third-order valence-corrected chi connectivity index (χ3v) is 6.25. The fourth-order valence-electron chi connectivity index (χ4n) is 3.53. The molecule has 3 aromatic rings. The predicted molar refractivity (Wildman–Crippen MR) is 121 cm³/mol. The van der Waals surface area contributed by atoms with Gasteiger partial charge in [-0.1, -0.05) is 12.1 Å². The molecule has 1 amide bonds. The van der Waals surface area contributed by atoms with E-state index in [1.807, 2.05) is 47.8 Å². The van der Waals surface area contributed by atoms with Crippen LogP contribution in [0.5, 0.6) is 0 Å². The number of hydrogen-bond acceptors (Lipinski definition) is 6. The Hall–Kier alpha value is -2.90. The van der Waals surface area contributed by atoms with Crippen molar-refractivity contribution in [3.8, 4) is 10.4 Å². The number of nitrogen functional groups attached to an aromatic ring is 1. The van der Waals surface area contributed by atoms with Crippen molar-refractivity contribution < 1.29 is 4.79 Å². The van der Waals surface area contributed by atoms with Crippen LogP contribution in [0.4, 0.5) is 17.2 Å². The number of pyridine rings is 1. The van der Waals surface area contributed by atoms with Gasteiger partial charge in [0.05, 0.1) is 16.9 Å². The summed E-state index contributed by atoms with van der Waals surface area (Å²) in [5.41, 5.74) is 8.76. The van der Waals surface area contributed by atoms with Gasteiger partial charge in [-0.25, -0.2) is 4.98 Å². The maximum Gasteiger partial charge on any atom is 0.257 e. The summed E-state index contributed by atoms with van der Waals surface area (Å²) < 4.78 is 0. The third-order valence-electron chi connectivity index (χ3n) is 5.33. The maximum atomic E-state index is 12.7. The number of thiophene rings is 1. The number of carbonyl (C=O) groups is 1. The second kappa shape index (κ2) is 8.23. The topological polar surface area (TPSA) is 74.5 Å². The van der Waals surface area contributed by atoms with Crippen molar-refractivity contribution in [2.75, 3.05) is 43.1 Å². The zero-order chi connectivity index (χ0) is 20.4. The van der Waals surface area contributed by atoms with Gasteiger partial charge in [-0.3, -0.25) is 4.79 Å². The highest BCUT2D eigenvalue weighted by Gasteiger charge is 2.24. The standard InChI is InChI=1S/C22H25N5OS/c1-26(2)17-9-10-27(14-17)21-8-6-16(13-24-21)22(28)25-19-12-15(5-7-18(19)23)20-4-3-11-29-20/h3-8,11-13,17H,9-10,14,23H2,1-2H3,(H,25,28)/t17-/m1/s1. The number of nitrogens with two attached hydrogens (primary N) is 1. The molecular formula is C22H25N5OS. The van der Waals surface area contributed by atoms with Crippen LogP contribution < -0.4 is 16.0 Å². The van der Waals surface area contributed by atoms with Gasteiger partial charge in [0.1, 0.15) is 5.82 Å². The van der Waals surface area contributed by atoms with E-state index in [2.05, 4.69) is 34.2 Å². The van der Waals surface area contributed by atoms with E-state index in [1.165, 1.54) is 0 Å². The Bertz CT molecular complexity index is 985. The van der Waals surface area contributed by atoms with Crippen molar-refractivity contribution in [2.24, 2.45) is 0 Å². The molecule has 7 heteroatoms. The number of carbonyl (C=O) groups excluding carboxylic acids is 1. The molecule has 1 aliphatic rings. The largest absolute Gasteiger partial charge is 0.397 e. The van der Waals surface area contributed by atoms with Gasteiger partial charge in [-0.05, 0) is 61.8 Å². The fourth-order valence-corrected chi connectivity index (χ4v) is 4.26. The molecule has 1 saturated heterocycles. The monoisotopic (exact) mass is 407 g/mol. The highest BCUT2D eigenvalue weighted by atomic mass is 32.1. The maximum absolute atomic E-state index is 12.7. The summed E-state index contributed by atoms with van der Waals surface area (Å²) in [6.45, 7) is 1.94. The summed E-state index contributed by atoms with van der Waals surface area (Å²) in [7, 11) is 4.21. The van der Waals surface area contributed by atoms with Gasteiger partial charge >= 0.3 is 0 Å². The van der Waals surface area contributed by atoms with Gasteiger partial charge in [0, 0.05) is 30.2 Å². The SMILES string of the molecule is CN(C)[C@@H]1CCN(c2ccc(C(=O)Nc3cc(-c4cccs4)ccc3N)cn2)C1. The number of anilines is 3. The zero-order valence-electron chi connectivity index (χ0n) is 16.6. The van der Waals surface area contributed by atoms with E-state index in [1.54, 1.807) is 17.5 Å². The molecule has 0 aliphatic carbocycles. The van der Waals surface area contributed by atoms with Gasteiger partial charge in [-0.2, -0.15) is 0 Å². The molecule has 29 heavy (non-hydrogen) atoms. The molecule has 0 saturated carbocycles. The van der Waals surface area contributed by atoms with E-state index in [0.717, 1.165) is 35.8 Å². The first-order valence-electron chi connectivity index (χ1n) is 9.63. The number of benzene rings is 1. The lowest BCUT2D eigenvalue weighted by Gasteiger charge is -2.21. The lowest BCUT2D eigenvalue weighted by atomic mass is 10.1. The molecule has 150 valence electrons. The number of nitrogens with one attached hydrogen (secondary N) is 1. The first-order valence-corrected chi connectivity index (χ1v) is 10.5. The van der Waals surface area contributed by atoms with Gasteiger partial charge in [0.2, 0.25) is 0 Å². The van der Waals surface area contributed by atoms with Crippen molar-refractivity contribution in [3.63, 3.8) is 0 Å². The van der Waals surface area contributed by atoms with Crippen molar-refractivity contribution in [3.05, 3.63) is 59.6 Å². The van der Waals surface area contributed by atoms with E-state index < -0.39 is 0 Å². The number of likely N-dealkylation sites (N-methyl/N-ethyl adjacent to an activating group) is 1. The molecule has 1 aliphatic heterocycles. The van der Waals surface area contributed by atoms with Crippen molar-refractivity contribution >= 4 is 34.4 Å². The van der Waals surface area contributed by atoms with Crippen molar-refractivity contribution in [1.29, 1.82) is 0 Å². The average Bonchev–Trinajstić information content (AvgIpc) is 3.42. The normalized spacial score (nSPS) is 16.4. The van der Waals surface area contributed by atoms with Crippen LogP contribution in [0, 0.1) is 0 Å². The van der Waals surface area contributed by atoms with Gasteiger partial charge in [0.25, 0.3) is 5.91 Å². The third kappa shape index (κ3) is 4.26. The Morgan fingerprint density at radius 2 is 2.14 bits per heavy atom. The van der Waals surface area contributed by atoms with Gasteiger partial charge < -0.3 is 20.9 Å². The van der Waals surface area contributed by atoms with Crippen LogP contribution in [-0.2, 0) is 0 Å². The lowest BCUT2D eigenvalue weighted by Crippen LogP contribution is -2.31. The number of nitrogens with zero attached hydrogens (tertiary/aromatic N) is 3. The Morgan fingerprint density at radius 1 is 1.28 bits per heavy atom. The molecule has 6 nitrogen and oxygen atoms in total. The van der Waals surface area contributed by atoms with Crippen LogP contribution in [0.25, 0.3) is 10.4 Å². The summed E-state index contributed by atoms with van der Waals surface area (Å²) >= 11 is 1.65. The molecule has 0 spiro atoms. The Labute approximate surface area is 175 Å². The number of rotatable bonds is 5. The van der Waals surface area contributed by atoms with Crippen LogP contribution in [0.3, 0.4) is 0 Å². The number of aromatic nitrogens is 1. The van der Waals surface area contributed by atoms with E-state index in [4.69, 9.17) is 5.73 Å². The highest BCUT2D eigenvalue weighted by molar-refractivity contribution is 7.13. The first kappa shape index (κ1) is 19.4. The van der Waals surface area contributed by atoms with Crippen molar-refractivity contribution in [2.45, 2.75) is 12.5 Å². The molecule has 0 radical (unpaired) electrons. The minimum absolute atomic E-state index is 0.216. The highest BCUT2D eigenvalue weighted by Crippen LogP contribution is 2.30. The molecular weight excluding hydrogens is 382 g/mol. The van der Waals surface area contributed by atoms with Gasteiger partial charge in [0.15, 0.2) is 0 Å². The molecule has 4 rings (SSSR count). The number of amides is 1. The Kier molecular flexibility index (Phi) is 5.51. The zero-order valence-corrected chi connectivity index (χ0v) is 17.4. The molecule has 3 heterocycles. The number of hydrogen-bond donors (Lipinski definition) is 2. The Balaban J connectivity index is 1.46. The summed E-state index contributed by atoms with van der Waals surface area (Å²) in [5, 5.41) is 4.95. The summed E-state index contributed by atoms with van der Waals surface area (Å²) in [6, 6.07) is 14.0.